The number of aromatic nitrogens is 1. The molecular formula is C29H28F3N5O5. The number of likely N-dealkylation sites (N-methyl/N-ethyl adjacent to an activating group) is 1. The van der Waals surface area contributed by atoms with Gasteiger partial charge in [0.15, 0.2) is 11.5 Å². The predicted molar refractivity (Wildman–Crippen MR) is 146 cm³/mol. The molecular weight excluding hydrogens is 555 g/mol. The maximum Gasteiger partial charge on any atom is 0.490 e. The SMILES string of the molecule is COc1ccc2c3c1O[C@@]1(N=[N+]=[N-])[C@@H](O)C=C[C@H]4[C@@H](C2)N(C)CC[C@@]341.O=C(O)C(F)(F)F.c1ccc2ncccc2c1. The van der Waals surface area contributed by atoms with Crippen LogP contribution in [0.25, 0.3) is 21.3 Å². The van der Waals surface area contributed by atoms with E-state index in [2.05, 4.69) is 51.2 Å². The molecule has 2 aromatic carbocycles. The standard InChI is InChI=1S/C18H20N4O3.C9H7N.C2HF3O2/c1-22-8-7-17-11-4-6-14(23)18(17,20-21-19)25-16-13(24-2)5-3-10(15(16)17)9-12(11)22;1-2-6-9-8(4-1)5-3-7-10-9;3-2(4,5)1(6)7/h3-6,11-12,14,23H,7-9H2,1-2H3;1-7H;(H,6,7)/t11-,12+,14-,17-,18-;;/m0../s1. The molecule has 4 aliphatic rings. The molecule has 2 aliphatic heterocycles. The highest BCUT2D eigenvalue weighted by Gasteiger charge is 2.72. The van der Waals surface area contributed by atoms with Crippen molar-refractivity contribution in [3.05, 3.63) is 88.4 Å². The number of aliphatic hydroxyl groups excluding tert-OH is 1. The van der Waals surface area contributed by atoms with Crippen LogP contribution in [-0.4, -0.2) is 70.8 Å². The van der Waals surface area contributed by atoms with Gasteiger partial charge in [0, 0.05) is 34.0 Å². The van der Waals surface area contributed by atoms with Crippen LogP contribution in [0.4, 0.5) is 13.2 Å². The third-order valence-electron chi connectivity index (χ3n) is 8.46. The van der Waals surface area contributed by atoms with Crippen molar-refractivity contribution in [2.75, 3.05) is 20.7 Å². The first-order chi connectivity index (χ1) is 20.0. The zero-order valence-corrected chi connectivity index (χ0v) is 22.7. The van der Waals surface area contributed by atoms with Crippen molar-refractivity contribution in [1.29, 1.82) is 0 Å². The zero-order chi connectivity index (χ0) is 30.3. The minimum absolute atomic E-state index is 0.126. The van der Waals surface area contributed by atoms with E-state index in [1.165, 1.54) is 10.9 Å². The molecule has 2 aliphatic carbocycles. The number of alkyl halides is 3. The molecule has 13 heteroatoms. The lowest BCUT2D eigenvalue weighted by Gasteiger charge is -2.59. The summed E-state index contributed by atoms with van der Waals surface area (Å²) in [4.78, 5) is 18.5. The Hall–Kier alpha value is -4.32. The van der Waals surface area contributed by atoms with E-state index in [1.807, 2.05) is 36.5 Å². The number of ether oxygens (including phenoxy) is 2. The Labute approximate surface area is 238 Å². The largest absolute Gasteiger partial charge is 0.493 e. The van der Waals surface area contributed by atoms with E-state index < -0.39 is 29.4 Å². The number of pyridine rings is 1. The number of carbonyl (C=O) groups is 1. The number of fused-ring (bicyclic) bond motifs is 1. The maximum atomic E-state index is 10.9. The van der Waals surface area contributed by atoms with Gasteiger partial charge < -0.3 is 24.6 Å². The normalized spacial score (nSPS) is 28.1. The summed E-state index contributed by atoms with van der Waals surface area (Å²) in [5.74, 6) is -1.38. The van der Waals surface area contributed by atoms with Crippen LogP contribution >= 0.6 is 0 Å². The number of likely N-dealkylation sites (tertiary alicyclic amines) is 1. The number of carboxylic acid groups (broad SMARTS) is 1. The molecule has 5 atom stereocenters. The summed E-state index contributed by atoms with van der Waals surface area (Å²) in [7, 11) is 3.74. The molecule has 0 unspecified atom stereocenters. The van der Waals surface area contributed by atoms with Gasteiger partial charge in [-0.2, -0.15) is 13.2 Å². The molecule has 1 saturated heterocycles. The maximum absolute atomic E-state index is 10.9. The van der Waals surface area contributed by atoms with Gasteiger partial charge in [-0.1, -0.05) is 42.5 Å². The van der Waals surface area contributed by atoms with Crippen molar-refractivity contribution in [2.45, 2.75) is 42.3 Å². The van der Waals surface area contributed by atoms with Crippen LogP contribution in [0, 0.1) is 5.92 Å². The van der Waals surface area contributed by atoms with Gasteiger partial charge in [0.2, 0.25) is 5.72 Å². The highest BCUT2D eigenvalue weighted by Crippen LogP contribution is 2.67. The average molecular weight is 584 g/mol. The molecule has 3 aromatic rings. The number of hydrogen-bond donors (Lipinski definition) is 2. The molecule has 1 fully saturated rings. The highest BCUT2D eigenvalue weighted by molar-refractivity contribution is 5.77. The second-order valence-corrected chi connectivity index (χ2v) is 10.4. The van der Waals surface area contributed by atoms with E-state index >= 15 is 0 Å². The first kappa shape index (κ1) is 29.2. The number of halogens is 3. The number of piperidine rings is 1. The van der Waals surface area contributed by atoms with Crippen LogP contribution in [0.1, 0.15) is 17.5 Å². The van der Waals surface area contributed by atoms with E-state index in [-0.39, 0.29) is 5.92 Å². The van der Waals surface area contributed by atoms with Gasteiger partial charge in [0.05, 0.1) is 18.0 Å². The molecule has 10 nitrogen and oxygen atoms in total. The van der Waals surface area contributed by atoms with Crippen LogP contribution in [0.15, 0.2) is 72.0 Å². The van der Waals surface area contributed by atoms with Crippen LogP contribution in [-0.2, 0) is 16.6 Å². The molecule has 3 heterocycles. The molecule has 0 amide bonds. The van der Waals surface area contributed by atoms with Crippen molar-refractivity contribution < 1.29 is 37.7 Å². The second-order valence-electron chi connectivity index (χ2n) is 10.4. The first-order valence-electron chi connectivity index (χ1n) is 13.1. The highest BCUT2D eigenvalue weighted by atomic mass is 19.4. The summed E-state index contributed by atoms with van der Waals surface area (Å²) in [5, 5.41) is 23.3. The van der Waals surface area contributed by atoms with Crippen LogP contribution in [0.5, 0.6) is 11.5 Å². The Balaban J connectivity index is 0.000000170. The zero-order valence-electron chi connectivity index (χ0n) is 22.7. The Kier molecular flexibility index (Phi) is 7.52. The van der Waals surface area contributed by atoms with Crippen molar-refractivity contribution in [3.63, 3.8) is 0 Å². The molecule has 2 bridgehead atoms. The molecule has 7 rings (SSSR count). The second kappa shape index (κ2) is 10.8. The van der Waals surface area contributed by atoms with Crippen molar-refractivity contribution >= 4 is 16.9 Å². The number of hydrogen-bond acceptors (Lipinski definition) is 7. The van der Waals surface area contributed by atoms with Crippen LogP contribution < -0.4 is 9.47 Å². The van der Waals surface area contributed by atoms with Crippen molar-refractivity contribution in [2.24, 2.45) is 11.0 Å². The van der Waals surface area contributed by atoms with Gasteiger partial charge in [-0.25, -0.2) is 4.79 Å². The third-order valence-corrected chi connectivity index (χ3v) is 8.46. The van der Waals surface area contributed by atoms with Gasteiger partial charge >= 0.3 is 12.1 Å². The summed E-state index contributed by atoms with van der Waals surface area (Å²) in [6, 6.07) is 16.4. The molecule has 1 aromatic heterocycles. The molecule has 1 spiro atoms. The summed E-state index contributed by atoms with van der Waals surface area (Å²) >= 11 is 0. The van der Waals surface area contributed by atoms with E-state index in [0.29, 0.717) is 17.5 Å². The third kappa shape index (κ3) is 4.50. The Morgan fingerprint density at radius 1 is 1.21 bits per heavy atom. The van der Waals surface area contributed by atoms with Crippen LogP contribution in [0.3, 0.4) is 0 Å². The van der Waals surface area contributed by atoms with Gasteiger partial charge in [-0.15, -0.1) is 0 Å². The quantitative estimate of drug-likeness (QED) is 0.187. The fourth-order valence-corrected chi connectivity index (χ4v) is 6.68. The van der Waals surface area contributed by atoms with E-state index in [1.54, 1.807) is 13.2 Å². The number of nitrogens with zero attached hydrogens (tertiary/aromatic N) is 5. The lowest BCUT2D eigenvalue weighted by atomic mass is 9.51. The van der Waals surface area contributed by atoms with E-state index in [0.717, 1.165) is 30.5 Å². The molecule has 0 saturated carbocycles. The molecule has 42 heavy (non-hydrogen) atoms. The van der Waals surface area contributed by atoms with E-state index in [9.17, 15) is 23.8 Å². The number of benzene rings is 2. The van der Waals surface area contributed by atoms with Crippen molar-refractivity contribution in [1.82, 2.24) is 9.88 Å². The number of methoxy groups -OCH3 is 1. The molecule has 0 radical (unpaired) electrons. The Morgan fingerprint density at radius 3 is 2.60 bits per heavy atom. The Morgan fingerprint density at radius 2 is 1.93 bits per heavy atom. The minimum atomic E-state index is -5.08. The number of aliphatic carboxylic acids is 1. The summed E-state index contributed by atoms with van der Waals surface area (Å²) < 4.78 is 43.6. The average Bonchev–Trinajstić information content (AvgIpc) is 3.27. The number of para-hydroxylation sites is 1. The Bertz CT molecular complexity index is 1530. The minimum Gasteiger partial charge on any atom is -0.493 e. The first-order valence-corrected chi connectivity index (χ1v) is 13.1. The monoisotopic (exact) mass is 583 g/mol. The van der Waals surface area contributed by atoms with Crippen LogP contribution in [0.2, 0.25) is 0 Å². The smallest absolute Gasteiger partial charge is 0.490 e. The topological polar surface area (TPSA) is 141 Å². The van der Waals surface area contributed by atoms with Gasteiger partial charge in [0.25, 0.3) is 0 Å². The molecule has 2 N–H and O–H groups in total. The number of azide groups is 1. The van der Waals surface area contributed by atoms with E-state index in [4.69, 9.17) is 19.4 Å². The van der Waals surface area contributed by atoms with Gasteiger partial charge in [-0.05, 0) is 60.8 Å². The number of aliphatic hydroxyl groups is 1. The number of rotatable bonds is 2. The molecule has 220 valence electrons. The van der Waals surface area contributed by atoms with Gasteiger partial charge in [-0.3, -0.25) is 4.98 Å². The lowest BCUT2D eigenvalue weighted by molar-refractivity contribution is -0.192. The summed E-state index contributed by atoms with van der Waals surface area (Å²) in [5.41, 5.74) is 10.7. The van der Waals surface area contributed by atoms with Crippen molar-refractivity contribution in [3.8, 4) is 11.5 Å². The fraction of sp³-hybridized carbons (Fsp3) is 0.379. The lowest BCUT2D eigenvalue weighted by Crippen LogP contribution is -2.70. The van der Waals surface area contributed by atoms with Gasteiger partial charge in [0.1, 0.15) is 6.10 Å². The summed E-state index contributed by atoms with van der Waals surface area (Å²) in [6.45, 7) is 0.865. The summed E-state index contributed by atoms with van der Waals surface area (Å²) in [6.07, 6.45) is 1.22. The predicted octanol–water partition coefficient (Wildman–Crippen LogP) is 5.01. The number of carboxylic acids is 1. The fourth-order valence-electron chi connectivity index (χ4n) is 6.68.